The molecular formula is C20H21ClN2O3. The fourth-order valence-electron chi connectivity index (χ4n) is 3.15. The van der Waals surface area contributed by atoms with E-state index in [-0.39, 0.29) is 11.8 Å². The second-order valence-electron chi connectivity index (χ2n) is 6.32. The fourth-order valence-corrected chi connectivity index (χ4v) is 3.32. The molecule has 1 atom stereocenters. The minimum absolute atomic E-state index is 0.102. The summed E-state index contributed by atoms with van der Waals surface area (Å²) in [6.07, 6.45) is 0. The maximum Gasteiger partial charge on any atom is 0.254 e. The van der Waals surface area contributed by atoms with Crippen molar-refractivity contribution in [1.29, 1.82) is 0 Å². The summed E-state index contributed by atoms with van der Waals surface area (Å²) in [4.78, 5) is 29.1. The SMILES string of the molecule is COc1ccc(N2CCN(C(=O)c3cc(Cl)ccc3C)C(C)C2=O)cc1. The molecule has 0 aliphatic carbocycles. The van der Waals surface area contributed by atoms with Crippen molar-refractivity contribution in [3.05, 3.63) is 58.6 Å². The molecule has 1 fully saturated rings. The van der Waals surface area contributed by atoms with E-state index in [1.165, 1.54) is 0 Å². The zero-order valence-corrected chi connectivity index (χ0v) is 15.8. The Labute approximate surface area is 158 Å². The number of carbonyl (C=O) groups is 2. The van der Waals surface area contributed by atoms with Gasteiger partial charge >= 0.3 is 0 Å². The lowest BCUT2D eigenvalue weighted by atomic mass is 10.0. The average Bonchev–Trinajstić information content (AvgIpc) is 2.65. The van der Waals surface area contributed by atoms with Crippen LogP contribution in [0.2, 0.25) is 5.02 Å². The number of anilines is 1. The van der Waals surface area contributed by atoms with Crippen molar-refractivity contribution in [3.8, 4) is 5.75 Å². The second kappa shape index (κ2) is 7.38. The summed E-state index contributed by atoms with van der Waals surface area (Å²) < 4.78 is 5.16. The maximum absolute atomic E-state index is 12.9. The molecule has 1 saturated heterocycles. The molecule has 0 saturated carbocycles. The molecule has 0 N–H and O–H groups in total. The van der Waals surface area contributed by atoms with E-state index in [4.69, 9.17) is 16.3 Å². The molecule has 26 heavy (non-hydrogen) atoms. The van der Waals surface area contributed by atoms with Crippen LogP contribution in [0.4, 0.5) is 5.69 Å². The Bertz CT molecular complexity index is 835. The van der Waals surface area contributed by atoms with Crippen molar-refractivity contribution >= 4 is 29.1 Å². The largest absolute Gasteiger partial charge is 0.497 e. The normalized spacial score (nSPS) is 17.4. The van der Waals surface area contributed by atoms with Gasteiger partial charge in [0.25, 0.3) is 5.91 Å². The first-order valence-corrected chi connectivity index (χ1v) is 8.82. The number of carbonyl (C=O) groups excluding carboxylic acids is 2. The first-order chi connectivity index (χ1) is 12.4. The molecule has 0 aromatic heterocycles. The molecule has 0 spiro atoms. The van der Waals surface area contributed by atoms with Crippen LogP contribution in [-0.2, 0) is 4.79 Å². The Balaban J connectivity index is 1.80. The van der Waals surface area contributed by atoms with Crippen molar-refractivity contribution in [2.75, 3.05) is 25.1 Å². The van der Waals surface area contributed by atoms with Gasteiger partial charge in [-0.15, -0.1) is 0 Å². The Morgan fingerprint density at radius 2 is 1.85 bits per heavy atom. The summed E-state index contributed by atoms with van der Waals surface area (Å²) >= 11 is 6.04. The molecule has 6 heteroatoms. The van der Waals surface area contributed by atoms with Gasteiger partial charge in [-0.1, -0.05) is 17.7 Å². The monoisotopic (exact) mass is 372 g/mol. The van der Waals surface area contributed by atoms with Crippen LogP contribution >= 0.6 is 11.6 Å². The number of piperazine rings is 1. The molecule has 3 rings (SSSR count). The number of ether oxygens (including phenoxy) is 1. The number of rotatable bonds is 3. The van der Waals surface area contributed by atoms with Gasteiger partial charge in [0.1, 0.15) is 11.8 Å². The second-order valence-corrected chi connectivity index (χ2v) is 6.76. The topological polar surface area (TPSA) is 49.9 Å². The zero-order valence-electron chi connectivity index (χ0n) is 15.0. The number of hydrogen-bond acceptors (Lipinski definition) is 3. The Kier molecular flexibility index (Phi) is 5.18. The van der Waals surface area contributed by atoms with Crippen molar-refractivity contribution in [2.45, 2.75) is 19.9 Å². The molecule has 2 aromatic carbocycles. The molecule has 2 amide bonds. The summed E-state index contributed by atoms with van der Waals surface area (Å²) in [5.41, 5.74) is 2.18. The summed E-state index contributed by atoms with van der Waals surface area (Å²) in [5, 5.41) is 0.509. The molecule has 2 aromatic rings. The highest BCUT2D eigenvalue weighted by molar-refractivity contribution is 6.31. The van der Waals surface area contributed by atoms with Gasteiger partial charge in [-0.2, -0.15) is 0 Å². The highest BCUT2D eigenvalue weighted by Gasteiger charge is 2.35. The third-order valence-corrected chi connectivity index (χ3v) is 4.97. The summed E-state index contributed by atoms with van der Waals surface area (Å²) in [6, 6.07) is 12.0. The number of nitrogens with zero attached hydrogens (tertiary/aromatic N) is 2. The van der Waals surface area contributed by atoms with Gasteiger partial charge in [0, 0.05) is 29.4 Å². The molecule has 0 radical (unpaired) electrons. The summed E-state index contributed by atoms with van der Waals surface area (Å²) in [7, 11) is 1.60. The lowest BCUT2D eigenvalue weighted by Crippen LogP contribution is -2.57. The van der Waals surface area contributed by atoms with Crippen molar-refractivity contribution < 1.29 is 14.3 Å². The molecule has 1 unspecified atom stereocenters. The third-order valence-electron chi connectivity index (χ3n) is 4.73. The van der Waals surface area contributed by atoms with Crippen LogP contribution in [0.5, 0.6) is 5.75 Å². The lowest BCUT2D eigenvalue weighted by molar-refractivity contribution is -0.124. The standard InChI is InChI=1S/C20H21ClN2O3/c1-13-4-5-15(21)12-18(13)20(25)22-10-11-23(19(24)14(22)2)16-6-8-17(26-3)9-7-16/h4-9,12,14H,10-11H2,1-3H3. The van der Waals surface area contributed by atoms with Crippen molar-refractivity contribution in [2.24, 2.45) is 0 Å². The number of methoxy groups -OCH3 is 1. The third kappa shape index (κ3) is 3.40. The molecule has 136 valence electrons. The summed E-state index contributed by atoms with van der Waals surface area (Å²) in [6.45, 7) is 4.53. The van der Waals surface area contributed by atoms with Crippen LogP contribution in [0, 0.1) is 6.92 Å². The number of halogens is 1. The Morgan fingerprint density at radius 3 is 2.50 bits per heavy atom. The van der Waals surface area contributed by atoms with Crippen LogP contribution in [-0.4, -0.2) is 43.0 Å². The van der Waals surface area contributed by atoms with Crippen molar-refractivity contribution in [1.82, 2.24) is 4.90 Å². The van der Waals surface area contributed by atoms with Crippen molar-refractivity contribution in [3.63, 3.8) is 0 Å². The van der Waals surface area contributed by atoms with Gasteiger partial charge in [-0.05, 0) is 55.8 Å². The number of hydrogen-bond donors (Lipinski definition) is 0. The van der Waals surface area contributed by atoms with Crippen LogP contribution < -0.4 is 9.64 Å². The van der Waals surface area contributed by atoms with Crippen LogP contribution in [0.25, 0.3) is 0 Å². The smallest absolute Gasteiger partial charge is 0.254 e. The van der Waals surface area contributed by atoms with Gasteiger partial charge in [0.15, 0.2) is 0 Å². The van der Waals surface area contributed by atoms with E-state index in [1.807, 2.05) is 37.3 Å². The number of benzene rings is 2. The predicted molar refractivity (Wildman–Crippen MR) is 102 cm³/mol. The van der Waals surface area contributed by atoms with E-state index in [0.717, 1.165) is 17.0 Å². The highest BCUT2D eigenvalue weighted by atomic mass is 35.5. The van der Waals surface area contributed by atoms with E-state index in [9.17, 15) is 9.59 Å². The van der Waals surface area contributed by atoms with E-state index in [1.54, 1.807) is 36.0 Å². The molecule has 5 nitrogen and oxygen atoms in total. The van der Waals surface area contributed by atoms with E-state index in [0.29, 0.717) is 23.7 Å². The van der Waals surface area contributed by atoms with Crippen LogP contribution in [0.1, 0.15) is 22.8 Å². The quantitative estimate of drug-likeness (QED) is 0.828. The fraction of sp³-hybridized carbons (Fsp3) is 0.300. The van der Waals surface area contributed by atoms with Crippen LogP contribution in [0.15, 0.2) is 42.5 Å². The van der Waals surface area contributed by atoms with Gasteiger partial charge in [-0.25, -0.2) is 0 Å². The van der Waals surface area contributed by atoms with Gasteiger partial charge in [-0.3, -0.25) is 9.59 Å². The van der Waals surface area contributed by atoms with Gasteiger partial charge in [0.2, 0.25) is 5.91 Å². The molecule has 0 bridgehead atoms. The van der Waals surface area contributed by atoms with E-state index < -0.39 is 6.04 Å². The minimum Gasteiger partial charge on any atom is -0.497 e. The molecule has 1 aliphatic rings. The first kappa shape index (κ1) is 18.3. The Morgan fingerprint density at radius 1 is 1.15 bits per heavy atom. The van der Waals surface area contributed by atoms with E-state index in [2.05, 4.69) is 0 Å². The number of amides is 2. The summed E-state index contributed by atoms with van der Waals surface area (Å²) in [5.74, 6) is 0.467. The predicted octanol–water partition coefficient (Wildman–Crippen LogP) is 3.53. The molecular weight excluding hydrogens is 352 g/mol. The lowest BCUT2D eigenvalue weighted by Gasteiger charge is -2.39. The zero-order chi connectivity index (χ0) is 18.8. The van der Waals surface area contributed by atoms with Gasteiger partial charge < -0.3 is 14.5 Å². The maximum atomic E-state index is 12.9. The minimum atomic E-state index is -0.545. The highest BCUT2D eigenvalue weighted by Crippen LogP contribution is 2.25. The molecule has 1 heterocycles. The molecule has 1 aliphatic heterocycles. The number of aryl methyl sites for hydroxylation is 1. The Hall–Kier alpha value is -2.53. The average molecular weight is 373 g/mol. The first-order valence-electron chi connectivity index (χ1n) is 8.45. The van der Waals surface area contributed by atoms with Crippen LogP contribution in [0.3, 0.4) is 0 Å². The van der Waals surface area contributed by atoms with Gasteiger partial charge in [0.05, 0.1) is 7.11 Å². The van der Waals surface area contributed by atoms with E-state index >= 15 is 0 Å².